The van der Waals surface area contributed by atoms with Crippen LogP contribution in [0.3, 0.4) is 0 Å². The standard InChI is InChI=1S/C28H22ClN3O2/c1-18-9-10-21(23-7-3-2-6-22(18)23)17-32-14-13-24-20(5-4-8-26(24)32)16-30-31-28(34)19-11-12-27(33)25(29)15-19/h2-16,33H,17H2,1H3,(H,31,34)/b30-16-. The van der Waals surface area contributed by atoms with Gasteiger partial charge in [-0.05, 0) is 59.2 Å². The van der Waals surface area contributed by atoms with Gasteiger partial charge in [0.2, 0.25) is 0 Å². The van der Waals surface area contributed by atoms with Crippen molar-refractivity contribution >= 4 is 45.4 Å². The Morgan fingerprint density at radius 3 is 2.65 bits per heavy atom. The van der Waals surface area contributed by atoms with E-state index in [1.165, 1.54) is 40.1 Å². The number of hydrazone groups is 1. The number of rotatable bonds is 5. The van der Waals surface area contributed by atoms with E-state index in [1.54, 1.807) is 6.21 Å². The van der Waals surface area contributed by atoms with Gasteiger partial charge in [0.15, 0.2) is 0 Å². The maximum Gasteiger partial charge on any atom is 0.271 e. The Morgan fingerprint density at radius 2 is 1.82 bits per heavy atom. The highest BCUT2D eigenvalue weighted by molar-refractivity contribution is 6.32. The Kier molecular flexibility index (Phi) is 5.78. The van der Waals surface area contributed by atoms with Crippen molar-refractivity contribution in [1.82, 2.24) is 9.99 Å². The molecule has 0 aliphatic heterocycles. The monoisotopic (exact) mass is 467 g/mol. The summed E-state index contributed by atoms with van der Waals surface area (Å²) in [7, 11) is 0. The number of halogens is 1. The molecule has 0 fully saturated rings. The van der Waals surface area contributed by atoms with E-state index >= 15 is 0 Å². The largest absolute Gasteiger partial charge is 0.506 e. The van der Waals surface area contributed by atoms with Gasteiger partial charge in [0.25, 0.3) is 5.91 Å². The fraction of sp³-hybridized carbons (Fsp3) is 0.0714. The van der Waals surface area contributed by atoms with Gasteiger partial charge in [-0.3, -0.25) is 4.79 Å². The number of aryl methyl sites for hydroxylation is 1. The lowest BCUT2D eigenvalue weighted by molar-refractivity contribution is 0.0955. The number of carbonyl (C=O) groups is 1. The molecule has 6 heteroatoms. The smallest absolute Gasteiger partial charge is 0.271 e. The van der Waals surface area contributed by atoms with Crippen LogP contribution in [0.1, 0.15) is 27.0 Å². The van der Waals surface area contributed by atoms with Crippen LogP contribution in [0.15, 0.2) is 90.2 Å². The summed E-state index contributed by atoms with van der Waals surface area (Å²) in [6.07, 6.45) is 3.71. The number of nitrogens with one attached hydrogen (secondary N) is 1. The minimum Gasteiger partial charge on any atom is -0.506 e. The third kappa shape index (κ3) is 4.14. The average Bonchev–Trinajstić information content (AvgIpc) is 3.26. The zero-order chi connectivity index (χ0) is 23.7. The van der Waals surface area contributed by atoms with E-state index in [9.17, 15) is 9.90 Å². The van der Waals surface area contributed by atoms with Crippen molar-refractivity contribution in [1.29, 1.82) is 0 Å². The number of phenolic OH excluding ortho intramolecular Hbond substituents is 1. The third-order valence-electron chi connectivity index (χ3n) is 6.00. The van der Waals surface area contributed by atoms with Crippen LogP contribution in [0.2, 0.25) is 5.02 Å². The minimum atomic E-state index is -0.408. The van der Waals surface area contributed by atoms with Gasteiger partial charge in [-0.1, -0.05) is 60.1 Å². The van der Waals surface area contributed by atoms with Crippen molar-refractivity contribution < 1.29 is 9.90 Å². The lowest BCUT2D eigenvalue weighted by Crippen LogP contribution is -2.17. The number of fused-ring (bicyclic) bond motifs is 2. The minimum absolute atomic E-state index is 0.0726. The van der Waals surface area contributed by atoms with Crippen LogP contribution in [-0.2, 0) is 6.54 Å². The summed E-state index contributed by atoms with van der Waals surface area (Å²) in [5.41, 5.74) is 7.35. The molecule has 0 radical (unpaired) electrons. The summed E-state index contributed by atoms with van der Waals surface area (Å²) >= 11 is 5.88. The molecule has 1 aromatic heterocycles. The molecule has 1 heterocycles. The first kappa shape index (κ1) is 21.7. The number of aromatic hydroxyl groups is 1. The molecule has 34 heavy (non-hydrogen) atoms. The van der Waals surface area contributed by atoms with Crippen LogP contribution < -0.4 is 5.43 Å². The Balaban J connectivity index is 1.39. The SMILES string of the molecule is Cc1ccc(Cn2ccc3c(/C=N\NC(=O)c4ccc(O)c(Cl)c4)cccc32)c2ccccc12. The Labute approximate surface area is 201 Å². The molecule has 2 N–H and O–H groups in total. The van der Waals surface area contributed by atoms with Gasteiger partial charge < -0.3 is 9.67 Å². The number of aromatic nitrogens is 1. The van der Waals surface area contributed by atoms with E-state index in [2.05, 4.69) is 76.7 Å². The zero-order valence-corrected chi connectivity index (χ0v) is 19.3. The molecule has 5 aromatic rings. The van der Waals surface area contributed by atoms with Crippen molar-refractivity contribution in [3.8, 4) is 5.75 Å². The molecule has 0 aliphatic carbocycles. The summed E-state index contributed by atoms with van der Waals surface area (Å²) in [5, 5.41) is 17.3. The molecular formula is C28H22ClN3O2. The highest BCUT2D eigenvalue weighted by Gasteiger charge is 2.09. The highest BCUT2D eigenvalue weighted by atomic mass is 35.5. The average molecular weight is 468 g/mol. The Hall–Kier alpha value is -4.09. The number of carbonyl (C=O) groups excluding carboxylic acids is 1. The molecule has 4 aromatic carbocycles. The molecule has 5 rings (SSSR count). The molecule has 0 bridgehead atoms. The topological polar surface area (TPSA) is 66.6 Å². The number of benzene rings is 4. The van der Waals surface area contributed by atoms with Crippen molar-refractivity contribution in [3.63, 3.8) is 0 Å². The summed E-state index contributed by atoms with van der Waals surface area (Å²) in [5.74, 6) is -0.481. The highest BCUT2D eigenvalue weighted by Crippen LogP contribution is 2.26. The van der Waals surface area contributed by atoms with Gasteiger partial charge in [0.1, 0.15) is 5.75 Å². The first-order valence-corrected chi connectivity index (χ1v) is 11.3. The lowest BCUT2D eigenvalue weighted by atomic mass is 10.0. The van der Waals surface area contributed by atoms with E-state index in [-0.39, 0.29) is 10.8 Å². The summed E-state index contributed by atoms with van der Waals surface area (Å²) in [6, 6.07) is 25.2. The molecule has 0 saturated carbocycles. The van der Waals surface area contributed by atoms with Crippen molar-refractivity contribution in [2.75, 3.05) is 0 Å². The first-order valence-electron chi connectivity index (χ1n) is 10.9. The van der Waals surface area contributed by atoms with E-state index in [0.717, 1.165) is 23.0 Å². The van der Waals surface area contributed by atoms with Crippen LogP contribution in [0.5, 0.6) is 5.75 Å². The summed E-state index contributed by atoms with van der Waals surface area (Å²) in [6.45, 7) is 2.89. The maximum atomic E-state index is 12.3. The molecule has 0 spiro atoms. The second-order valence-electron chi connectivity index (χ2n) is 8.18. The maximum absolute atomic E-state index is 12.3. The number of hydrogen-bond donors (Lipinski definition) is 2. The fourth-order valence-electron chi connectivity index (χ4n) is 4.20. The molecule has 168 valence electrons. The van der Waals surface area contributed by atoms with Gasteiger partial charge in [-0.25, -0.2) is 5.43 Å². The summed E-state index contributed by atoms with van der Waals surface area (Å²) in [4.78, 5) is 12.3. The predicted molar refractivity (Wildman–Crippen MR) is 138 cm³/mol. The molecule has 0 unspecified atom stereocenters. The van der Waals surface area contributed by atoms with E-state index in [0.29, 0.717) is 5.56 Å². The second kappa shape index (κ2) is 9.04. The third-order valence-corrected chi connectivity index (χ3v) is 6.30. The number of phenols is 1. The lowest BCUT2D eigenvalue weighted by Gasteiger charge is -2.11. The molecule has 0 saturated heterocycles. The molecule has 5 nitrogen and oxygen atoms in total. The van der Waals surface area contributed by atoms with Gasteiger partial charge in [0, 0.05) is 34.8 Å². The van der Waals surface area contributed by atoms with Gasteiger partial charge >= 0.3 is 0 Å². The first-order chi connectivity index (χ1) is 16.5. The van der Waals surface area contributed by atoms with Crippen LogP contribution >= 0.6 is 11.6 Å². The Morgan fingerprint density at radius 1 is 1.00 bits per heavy atom. The summed E-state index contributed by atoms with van der Waals surface area (Å²) < 4.78 is 2.22. The van der Waals surface area contributed by atoms with Gasteiger partial charge in [-0.2, -0.15) is 5.10 Å². The fourth-order valence-corrected chi connectivity index (χ4v) is 4.38. The number of amides is 1. The van der Waals surface area contributed by atoms with Crippen LogP contribution in [-0.4, -0.2) is 21.8 Å². The number of hydrogen-bond acceptors (Lipinski definition) is 3. The Bertz CT molecular complexity index is 1570. The molecule has 1 amide bonds. The normalized spacial score (nSPS) is 11.5. The van der Waals surface area contributed by atoms with Gasteiger partial charge in [-0.15, -0.1) is 0 Å². The van der Waals surface area contributed by atoms with E-state index in [1.807, 2.05) is 12.1 Å². The quantitative estimate of drug-likeness (QED) is 0.236. The number of nitrogens with zero attached hydrogens (tertiary/aromatic N) is 2. The van der Waals surface area contributed by atoms with Crippen LogP contribution in [0.25, 0.3) is 21.7 Å². The molecule has 0 aliphatic rings. The van der Waals surface area contributed by atoms with Gasteiger partial charge in [0.05, 0.1) is 11.2 Å². The zero-order valence-electron chi connectivity index (χ0n) is 18.5. The van der Waals surface area contributed by atoms with Crippen molar-refractivity contribution in [2.24, 2.45) is 5.10 Å². The van der Waals surface area contributed by atoms with Crippen molar-refractivity contribution in [2.45, 2.75) is 13.5 Å². The second-order valence-corrected chi connectivity index (χ2v) is 8.58. The molecular weight excluding hydrogens is 446 g/mol. The molecule has 0 atom stereocenters. The van der Waals surface area contributed by atoms with E-state index < -0.39 is 5.91 Å². The van der Waals surface area contributed by atoms with Crippen molar-refractivity contribution in [3.05, 3.63) is 112 Å². The van der Waals surface area contributed by atoms with Crippen LogP contribution in [0.4, 0.5) is 0 Å². The van der Waals surface area contributed by atoms with Crippen LogP contribution in [0, 0.1) is 6.92 Å². The predicted octanol–water partition coefficient (Wildman–Crippen LogP) is 6.27. The van der Waals surface area contributed by atoms with E-state index in [4.69, 9.17) is 11.6 Å².